The number of anilines is 1. The van der Waals surface area contributed by atoms with Crippen LogP contribution in [0.2, 0.25) is 0 Å². The number of benzene rings is 1. The molecule has 1 unspecified atom stereocenters. The first-order valence-electron chi connectivity index (χ1n) is 6.13. The molecule has 1 atom stereocenters. The molecule has 0 spiro atoms. The predicted octanol–water partition coefficient (Wildman–Crippen LogP) is 3.06. The highest BCUT2D eigenvalue weighted by atomic mass is 79.9. The zero-order chi connectivity index (χ0) is 13.0. The fourth-order valence-corrected chi connectivity index (χ4v) is 2.48. The Labute approximate surface area is 114 Å². The highest BCUT2D eigenvalue weighted by Crippen LogP contribution is 2.20. The number of halogens is 2. The zero-order valence-corrected chi connectivity index (χ0v) is 11.6. The van der Waals surface area contributed by atoms with Crippen LogP contribution in [-0.2, 0) is 4.79 Å². The number of hydrogen-bond acceptors (Lipinski definition) is 2. The summed E-state index contributed by atoms with van der Waals surface area (Å²) in [6, 6.07) is 4.94. The van der Waals surface area contributed by atoms with Gasteiger partial charge in [-0.1, -0.05) is 15.9 Å². The lowest BCUT2D eigenvalue weighted by Crippen LogP contribution is -2.23. The third kappa shape index (κ3) is 3.78. The molecule has 1 aromatic rings. The van der Waals surface area contributed by atoms with E-state index in [4.69, 9.17) is 0 Å². The molecule has 1 saturated heterocycles. The van der Waals surface area contributed by atoms with Gasteiger partial charge in [0.1, 0.15) is 5.82 Å². The van der Waals surface area contributed by atoms with Crippen LogP contribution in [0.5, 0.6) is 0 Å². The van der Waals surface area contributed by atoms with Gasteiger partial charge in [0.2, 0.25) is 5.91 Å². The fourth-order valence-electron chi connectivity index (χ4n) is 2.11. The number of rotatable bonds is 4. The monoisotopic (exact) mass is 314 g/mol. The van der Waals surface area contributed by atoms with Crippen molar-refractivity contribution in [3.63, 3.8) is 0 Å². The Morgan fingerprint density at radius 1 is 1.56 bits per heavy atom. The molecule has 3 nitrogen and oxygen atoms in total. The van der Waals surface area contributed by atoms with Crippen molar-refractivity contribution in [2.75, 3.05) is 11.9 Å². The second-order valence-corrected chi connectivity index (χ2v) is 5.42. The molecule has 1 amide bonds. The molecule has 1 heterocycles. The average molecular weight is 315 g/mol. The summed E-state index contributed by atoms with van der Waals surface area (Å²) in [5.74, 6) is -0.550. The first kappa shape index (κ1) is 13.5. The van der Waals surface area contributed by atoms with Gasteiger partial charge in [0.15, 0.2) is 0 Å². The quantitative estimate of drug-likeness (QED) is 0.896. The maximum Gasteiger partial charge on any atom is 0.224 e. The van der Waals surface area contributed by atoms with E-state index in [0.717, 1.165) is 23.9 Å². The minimum absolute atomic E-state index is 0.138. The summed E-state index contributed by atoms with van der Waals surface area (Å²) >= 11 is 3.25. The topological polar surface area (TPSA) is 41.1 Å². The number of carbonyl (C=O) groups excluding carboxylic acids is 1. The van der Waals surface area contributed by atoms with Crippen molar-refractivity contribution in [1.82, 2.24) is 5.32 Å². The molecular formula is C13H16BrFN2O. The van der Waals surface area contributed by atoms with Crippen molar-refractivity contribution in [2.45, 2.75) is 31.7 Å². The van der Waals surface area contributed by atoms with E-state index in [1.165, 1.54) is 12.5 Å². The van der Waals surface area contributed by atoms with Crippen molar-refractivity contribution in [2.24, 2.45) is 0 Å². The van der Waals surface area contributed by atoms with Crippen LogP contribution in [0.1, 0.15) is 25.7 Å². The molecule has 18 heavy (non-hydrogen) atoms. The normalized spacial score (nSPS) is 18.9. The third-order valence-corrected chi connectivity index (χ3v) is 3.58. The molecule has 1 aliphatic rings. The Balaban J connectivity index is 1.84. The van der Waals surface area contributed by atoms with E-state index < -0.39 is 5.82 Å². The molecule has 5 heteroatoms. The lowest BCUT2D eigenvalue weighted by molar-refractivity contribution is -0.116. The summed E-state index contributed by atoms with van der Waals surface area (Å²) < 4.78 is 14.2. The van der Waals surface area contributed by atoms with Crippen molar-refractivity contribution in [3.8, 4) is 0 Å². The van der Waals surface area contributed by atoms with E-state index in [9.17, 15) is 9.18 Å². The molecule has 0 aliphatic carbocycles. The summed E-state index contributed by atoms with van der Waals surface area (Å²) in [5.41, 5.74) is 0.230. The van der Waals surface area contributed by atoms with E-state index in [0.29, 0.717) is 12.5 Å². The standard InChI is InChI=1S/C13H16BrFN2O/c14-9-3-5-11(15)12(8-9)17-13(18)6-4-10-2-1-7-16-10/h3,5,8,10,16H,1-2,4,6-7H2,(H,17,18). The van der Waals surface area contributed by atoms with Crippen LogP contribution >= 0.6 is 15.9 Å². The van der Waals surface area contributed by atoms with Crippen LogP contribution in [0.4, 0.5) is 10.1 Å². The van der Waals surface area contributed by atoms with Gasteiger partial charge in [0, 0.05) is 16.9 Å². The second kappa shape index (κ2) is 6.29. The summed E-state index contributed by atoms with van der Waals surface area (Å²) in [5, 5.41) is 5.94. The van der Waals surface area contributed by atoms with Crippen LogP contribution in [0.25, 0.3) is 0 Å². The molecule has 0 aromatic heterocycles. The summed E-state index contributed by atoms with van der Waals surface area (Å²) in [6.45, 7) is 1.03. The molecule has 98 valence electrons. The maximum absolute atomic E-state index is 13.4. The molecule has 1 fully saturated rings. The molecule has 1 aliphatic heterocycles. The van der Waals surface area contributed by atoms with Gasteiger partial charge >= 0.3 is 0 Å². The van der Waals surface area contributed by atoms with Crippen LogP contribution in [0.3, 0.4) is 0 Å². The third-order valence-electron chi connectivity index (χ3n) is 3.08. The lowest BCUT2D eigenvalue weighted by Gasteiger charge is -2.10. The van der Waals surface area contributed by atoms with Crippen LogP contribution in [-0.4, -0.2) is 18.5 Å². The van der Waals surface area contributed by atoms with E-state index in [1.54, 1.807) is 12.1 Å². The van der Waals surface area contributed by atoms with Gasteiger partial charge in [-0.3, -0.25) is 4.79 Å². The molecule has 0 bridgehead atoms. The number of amides is 1. The molecular weight excluding hydrogens is 299 g/mol. The zero-order valence-electron chi connectivity index (χ0n) is 10.0. The lowest BCUT2D eigenvalue weighted by atomic mass is 10.1. The van der Waals surface area contributed by atoms with E-state index in [1.807, 2.05) is 0 Å². The SMILES string of the molecule is O=C(CCC1CCCN1)Nc1cc(Br)ccc1F. The highest BCUT2D eigenvalue weighted by Gasteiger charge is 2.15. The van der Waals surface area contributed by atoms with Crippen molar-refractivity contribution >= 4 is 27.5 Å². The van der Waals surface area contributed by atoms with Crippen LogP contribution < -0.4 is 10.6 Å². The molecule has 0 saturated carbocycles. The average Bonchev–Trinajstić information content (AvgIpc) is 2.84. The van der Waals surface area contributed by atoms with Crippen LogP contribution in [0.15, 0.2) is 22.7 Å². The predicted molar refractivity (Wildman–Crippen MR) is 73.0 cm³/mol. The van der Waals surface area contributed by atoms with Gasteiger partial charge in [0.25, 0.3) is 0 Å². The number of hydrogen-bond donors (Lipinski definition) is 2. The second-order valence-electron chi connectivity index (χ2n) is 4.50. The fraction of sp³-hybridized carbons (Fsp3) is 0.462. The van der Waals surface area contributed by atoms with Gasteiger partial charge in [-0.2, -0.15) is 0 Å². The van der Waals surface area contributed by atoms with E-state index in [-0.39, 0.29) is 11.6 Å². The maximum atomic E-state index is 13.4. The van der Waals surface area contributed by atoms with Crippen molar-refractivity contribution in [1.29, 1.82) is 0 Å². The Morgan fingerprint density at radius 3 is 3.11 bits per heavy atom. The Hall–Kier alpha value is -0.940. The van der Waals surface area contributed by atoms with Gasteiger partial charge in [-0.05, 0) is 44.0 Å². The van der Waals surface area contributed by atoms with Gasteiger partial charge in [-0.15, -0.1) is 0 Å². The van der Waals surface area contributed by atoms with E-state index in [2.05, 4.69) is 26.6 Å². The number of nitrogens with one attached hydrogen (secondary N) is 2. The molecule has 1 aromatic carbocycles. The Kier molecular flexibility index (Phi) is 4.72. The largest absolute Gasteiger partial charge is 0.324 e. The molecule has 2 rings (SSSR count). The number of carbonyl (C=O) groups is 1. The van der Waals surface area contributed by atoms with Gasteiger partial charge in [-0.25, -0.2) is 4.39 Å². The van der Waals surface area contributed by atoms with Crippen LogP contribution in [0, 0.1) is 5.82 Å². The van der Waals surface area contributed by atoms with Crippen molar-refractivity contribution < 1.29 is 9.18 Å². The minimum atomic E-state index is -0.412. The highest BCUT2D eigenvalue weighted by molar-refractivity contribution is 9.10. The van der Waals surface area contributed by atoms with Gasteiger partial charge in [0.05, 0.1) is 5.69 Å². The van der Waals surface area contributed by atoms with Gasteiger partial charge < -0.3 is 10.6 Å². The first-order chi connectivity index (χ1) is 8.65. The van der Waals surface area contributed by atoms with Crippen molar-refractivity contribution in [3.05, 3.63) is 28.5 Å². The molecule has 2 N–H and O–H groups in total. The Bertz CT molecular complexity index is 433. The van der Waals surface area contributed by atoms with E-state index >= 15 is 0 Å². The summed E-state index contributed by atoms with van der Waals surface area (Å²) in [4.78, 5) is 11.7. The summed E-state index contributed by atoms with van der Waals surface area (Å²) in [7, 11) is 0. The first-order valence-corrected chi connectivity index (χ1v) is 6.93. The minimum Gasteiger partial charge on any atom is -0.324 e. The summed E-state index contributed by atoms with van der Waals surface area (Å²) in [6.07, 6.45) is 3.52. The smallest absolute Gasteiger partial charge is 0.224 e. The Morgan fingerprint density at radius 2 is 2.39 bits per heavy atom. The molecule has 0 radical (unpaired) electrons.